The van der Waals surface area contributed by atoms with Crippen LogP contribution in [0.2, 0.25) is 0 Å². The van der Waals surface area contributed by atoms with Gasteiger partial charge in [0, 0.05) is 48.1 Å². The van der Waals surface area contributed by atoms with Gasteiger partial charge in [-0.05, 0) is 29.8 Å². The Labute approximate surface area is 183 Å². The minimum absolute atomic E-state index is 0.102. The van der Waals surface area contributed by atoms with Crippen molar-refractivity contribution in [3.8, 4) is 16.9 Å². The van der Waals surface area contributed by atoms with Crippen LogP contribution >= 0.6 is 0 Å². The molecule has 0 spiro atoms. The predicted octanol–water partition coefficient (Wildman–Crippen LogP) is 5.20. The lowest BCUT2D eigenvalue weighted by Crippen LogP contribution is -2.07. The number of benzene rings is 1. The van der Waals surface area contributed by atoms with E-state index in [0.717, 1.165) is 34.1 Å². The van der Waals surface area contributed by atoms with Gasteiger partial charge in [0.25, 0.3) is 0 Å². The van der Waals surface area contributed by atoms with Crippen LogP contribution in [0.3, 0.4) is 0 Å². The minimum Gasteiger partial charge on any atom is -0.494 e. The molecule has 0 saturated heterocycles. The molecule has 6 nitrogen and oxygen atoms in total. The Morgan fingerprint density at radius 1 is 1.06 bits per heavy atom. The van der Waals surface area contributed by atoms with Crippen LogP contribution in [0.4, 0.5) is 8.78 Å². The summed E-state index contributed by atoms with van der Waals surface area (Å²) < 4.78 is 36.9. The highest BCUT2D eigenvalue weighted by Crippen LogP contribution is 2.33. The standard InChI is InChI=1S/C24H21F2N5O/c1-14(2)24-29-23-20(30(24)13-15-8-17(25)11-18(26)9-15)10-16(12-27-23)19-5-7-31-22(19)21(32-3)4-6-28-31/h4-12,14H,13H2,1-3H3. The van der Waals surface area contributed by atoms with Crippen molar-refractivity contribution in [2.24, 2.45) is 0 Å². The topological polar surface area (TPSA) is 57.2 Å². The van der Waals surface area contributed by atoms with Crippen LogP contribution in [0.1, 0.15) is 31.2 Å². The number of halogens is 2. The summed E-state index contributed by atoms with van der Waals surface area (Å²) in [6.45, 7) is 4.34. The Hall–Kier alpha value is -3.81. The quantitative estimate of drug-likeness (QED) is 0.382. The Balaban J connectivity index is 1.69. The summed E-state index contributed by atoms with van der Waals surface area (Å²) in [4.78, 5) is 9.28. The molecule has 0 atom stereocenters. The molecule has 0 bridgehead atoms. The van der Waals surface area contributed by atoms with E-state index in [1.807, 2.05) is 42.8 Å². The van der Waals surface area contributed by atoms with Crippen LogP contribution in [0, 0.1) is 11.6 Å². The van der Waals surface area contributed by atoms with Crippen LogP contribution in [0.15, 0.2) is 55.0 Å². The largest absolute Gasteiger partial charge is 0.494 e. The lowest BCUT2D eigenvalue weighted by Gasteiger charge is -2.12. The molecule has 4 aromatic heterocycles. The fraction of sp³-hybridized carbons (Fsp3) is 0.208. The molecule has 5 rings (SSSR count). The fourth-order valence-electron chi connectivity index (χ4n) is 4.08. The molecule has 0 aliphatic heterocycles. The second-order valence-corrected chi connectivity index (χ2v) is 7.98. The first-order chi connectivity index (χ1) is 15.4. The van der Waals surface area contributed by atoms with Gasteiger partial charge >= 0.3 is 0 Å². The van der Waals surface area contributed by atoms with E-state index in [1.54, 1.807) is 24.0 Å². The molecule has 0 N–H and O–H groups in total. The first-order valence-electron chi connectivity index (χ1n) is 10.3. The van der Waals surface area contributed by atoms with Gasteiger partial charge < -0.3 is 9.30 Å². The van der Waals surface area contributed by atoms with Gasteiger partial charge in [-0.25, -0.2) is 23.3 Å². The summed E-state index contributed by atoms with van der Waals surface area (Å²) in [6.07, 6.45) is 5.32. The summed E-state index contributed by atoms with van der Waals surface area (Å²) in [5, 5.41) is 4.34. The molecule has 0 saturated carbocycles. The Morgan fingerprint density at radius 3 is 2.56 bits per heavy atom. The van der Waals surface area contributed by atoms with Crippen LogP contribution in [-0.2, 0) is 6.54 Å². The van der Waals surface area contributed by atoms with Gasteiger partial charge in [0.05, 0.1) is 18.8 Å². The number of nitrogens with zero attached hydrogens (tertiary/aromatic N) is 5. The number of fused-ring (bicyclic) bond motifs is 2. The molecule has 32 heavy (non-hydrogen) atoms. The van der Waals surface area contributed by atoms with E-state index in [2.05, 4.69) is 10.1 Å². The maximum atomic E-state index is 13.8. The summed E-state index contributed by atoms with van der Waals surface area (Å²) in [5.41, 5.74) is 4.52. The van der Waals surface area contributed by atoms with E-state index in [0.29, 0.717) is 17.0 Å². The highest BCUT2D eigenvalue weighted by atomic mass is 19.1. The first-order valence-corrected chi connectivity index (χ1v) is 10.3. The summed E-state index contributed by atoms with van der Waals surface area (Å²) in [6, 6.07) is 9.32. The summed E-state index contributed by atoms with van der Waals surface area (Å²) in [5.74, 6) is 0.399. The maximum absolute atomic E-state index is 13.8. The SMILES string of the molecule is COc1ccnn2ccc(-c3cnc4nc(C(C)C)n(Cc5cc(F)cc(F)c5)c4c3)c12. The molecule has 8 heteroatoms. The molecule has 4 heterocycles. The maximum Gasteiger partial charge on any atom is 0.177 e. The van der Waals surface area contributed by atoms with E-state index < -0.39 is 11.6 Å². The molecule has 0 radical (unpaired) electrons. The van der Waals surface area contributed by atoms with Crippen molar-refractivity contribution in [2.45, 2.75) is 26.3 Å². The Kier molecular flexibility index (Phi) is 4.84. The zero-order valence-corrected chi connectivity index (χ0v) is 17.9. The van der Waals surface area contributed by atoms with E-state index >= 15 is 0 Å². The molecule has 0 fully saturated rings. The van der Waals surface area contributed by atoms with Crippen molar-refractivity contribution >= 4 is 16.7 Å². The van der Waals surface area contributed by atoms with Crippen molar-refractivity contribution in [1.82, 2.24) is 24.1 Å². The zero-order chi connectivity index (χ0) is 22.4. The van der Waals surface area contributed by atoms with E-state index in [-0.39, 0.29) is 12.5 Å². The minimum atomic E-state index is -0.603. The summed E-state index contributed by atoms with van der Waals surface area (Å²) in [7, 11) is 1.62. The van der Waals surface area contributed by atoms with E-state index in [9.17, 15) is 8.78 Å². The average Bonchev–Trinajstić information content (AvgIpc) is 3.34. The van der Waals surface area contributed by atoms with Crippen molar-refractivity contribution in [3.05, 3.63) is 78.0 Å². The third kappa shape index (κ3) is 3.37. The molecular weight excluding hydrogens is 412 g/mol. The molecule has 1 aromatic carbocycles. The number of methoxy groups -OCH3 is 1. The molecule has 0 aliphatic carbocycles. The number of hydrogen-bond donors (Lipinski definition) is 0. The highest BCUT2D eigenvalue weighted by molar-refractivity contribution is 5.88. The van der Waals surface area contributed by atoms with E-state index in [1.165, 1.54) is 12.1 Å². The molecule has 0 amide bonds. The Bertz CT molecular complexity index is 1430. The van der Waals surface area contributed by atoms with E-state index in [4.69, 9.17) is 9.72 Å². The van der Waals surface area contributed by atoms with Crippen molar-refractivity contribution in [3.63, 3.8) is 0 Å². The predicted molar refractivity (Wildman–Crippen MR) is 118 cm³/mol. The molecule has 5 aromatic rings. The lowest BCUT2D eigenvalue weighted by atomic mass is 10.1. The zero-order valence-electron chi connectivity index (χ0n) is 17.9. The van der Waals surface area contributed by atoms with Gasteiger partial charge in [0.1, 0.15) is 28.7 Å². The summed E-state index contributed by atoms with van der Waals surface area (Å²) >= 11 is 0. The van der Waals surface area contributed by atoms with Crippen LogP contribution in [0.25, 0.3) is 27.8 Å². The normalized spacial score (nSPS) is 11.7. The number of imidazole rings is 1. The number of pyridine rings is 1. The smallest absolute Gasteiger partial charge is 0.177 e. The van der Waals surface area contributed by atoms with Crippen LogP contribution in [-0.4, -0.2) is 31.3 Å². The molecule has 0 unspecified atom stereocenters. The lowest BCUT2D eigenvalue weighted by molar-refractivity contribution is 0.417. The highest BCUT2D eigenvalue weighted by Gasteiger charge is 2.18. The number of rotatable bonds is 5. The Morgan fingerprint density at radius 2 is 1.84 bits per heavy atom. The van der Waals surface area contributed by atoms with Gasteiger partial charge in [0.15, 0.2) is 5.65 Å². The monoisotopic (exact) mass is 433 g/mol. The average molecular weight is 433 g/mol. The molecule has 162 valence electrons. The van der Waals surface area contributed by atoms with Gasteiger partial charge in [-0.3, -0.25) is 0 Å². The first kappa shape index (κ1) is 20.1. The van der Waals surface area contributed by atoms with Gasteiger partial charge in [0.2, 0.25) is 0 Å². The third-order valence-electron chi connectivity index (χ3n) is 5.46. The second-order valence-electron chi connectivity index (χ2n) is 7.98. The van der Waals surface area contributed by atoms with Gasteiger partial charge in [-0.2, -0.15) is 5.10 Å². The molecular formula is C24H21F2N5O. The van der Waals surface area contributed by atoms with Gasteiger partial charge in [-0.15, -0.1) is 0 Å². The third-order valence-corrected chi connectivity index (χ3v) is 5.46. The van der Waals surface area contributed by atoms with Crippen LogP contribution in [0.5, 0.6) is 5.75 Å². The van der Waals surface area contributed by atoms with Crippen molar-refractivity contribution in [1.29, 1.82) is 0 Å². The number of aromatic nitrogens is 5. The van der Waals surface area contributed by atoms with Crippen molar-refractivity contribution in [2.75, 3.05) is 7.11 Å². The van der Waals surface area contributed by atoms with Gasteiger partial charge in [-0.1, -0.05) is 13.8 Å². The van der Waals surface area contributed by atoms with Crippen molar-refractivity contribution < 1.29 is 13.5 Å². The number of ether oxygens (including phenoxy) is 1. The second kappa shape index (κ2) is 7.71. The number of hydrogen-bond acceptors (Lipinski definition) is 4. The molecule has 0 aliphatic rings. The van der Waals surface area contributed by atoms with Crippen LogP contribution < -0.4 is 4.74 Å². The fourth-order valence-corrected chi connectivity index (χ4v) is 4.08.